The smallest absolute Gasteiger partial charge is 0.243 e. The highest BCUT2D eigenvalue weighted by Crippen LogP contribution is 2.36. The second-order valence-corrected chi connectivity index (χ2v) is 9.60. The number of hydrogen-bond donors (Lipinski definition) is 0. The molecule has 2 aliphatic rings. The highest BCUT2D eigenvalue weighted by molar-refractivity contribution is 7.89. The summed E-state index contributed by atoms with van der Waals surface area (Å²) in [6.07, 6.45) is 0.670. The highest BCUT2D eigenvalue weighted by atomic mass is 32.2. The Kier molecular flexibility index (Phi) is 5.10. The van der Waals surface area contributed by atoms with Crippen LogP contribution in [0.1, 0.15) is 6.42 Å². The number of ether oxygens (including phenoxy) is 1. The molecule has 1 unspecified atom stereocenters. The van der Waals surface area contributed by atoms with Gasteiger partial charge in [0.15, 0.2) is 0 Å². The van der Waals surface area contributed by atoms with Crippen molar-refractivity contribution >= 4 is 21.6 Å². The molecule has 4 rings (SSSR count). The molecule has 2 aromatic carbocycles. The van der Waals surface area contributed by atoms with E-state index < -0.39 is 15.6 Å². The number of anilines is 1. The minimum absolute atomic E-state index is 0.0263. The molecule has 7 nitrogen and oxygen atoms in total. The van der Waals surface area contributed by atoms with Gasteiger partial charge in [0, 0.05) is 31.4 Å². The number of carbonyl (C=O) groups excluding carboxylic acids is 1. The number of likely N-dealkylation sites (N-methyl/N-ethyl adjacent to an activating group) is 1. The number of sulfonamides is 1. The van der Waals surface area contributed by atoms with Crippen molar-refractivity contribution in [1.82, 2.24) is 9.21 Å². The Morgan fingerprint density at radius 2 is 1.79 bits per heavy atom. The Balaban J connectivity index is 1.60. The van der Waals surface area contributed by atoms with Crippen LogP contribution in [0.3, 0.4) is 0 Å². The lowest BCUT2D eigenvalue weighted by molar-refractivity contribution is -0.123. The van der Waals surface area contributed by atoms with Gasteiger partial charge in [0.2, 0.25) is 15.9 Å². The van der Waals surface area contributed by atoms with Crippen molar-refractivity contribution in [1.29, 1.82) is 0 Å². The number of para-hydroxylation sites is 1. The van der Waals surface area contributed by atoms with E-state index in [0.29, 0.717) is 31.8 Å². The first-order chi connectivity index (χ1) is 13.9. The maximum atomic E-state index is 13.2. The van der Waals surface area contributed by atoms with Crippen LogP contribution >= 0.6 is 0 Å². The van der Waals surface area contributed by atoms with Gasteiger partial charge in [0.05, 0.1) is 24.1 Å². The number of amides is 1. The molecule has 1 atom stereocenters. The van der Waals surface area contributed by atoms with Crippen LogP contribution in [-0.4, -0.2) is 69.4 Å². The molecule has 2 aromatic rings. The quantitative estimate of drug-likeness (QED) is 0.762. The summed E-state index contributed by atoms with van der Waals surface area (Å²) < 4.78 is 33.1. The van der Waals surface area contributed by atoms with E-state index in [4.69, 9.17) is 4.74 Å². The standard InChI is InChI=1S/C21H25N3O4S/c1-22-14-20(25)24(17-7-4-3-5-8-17)16-21(22)11-12-23(15-21)29(26,27)19-10-6-9-18(13-19)28-2/h3-10,13H,11-12,14-16H2,1-2H3. The summed E-state index contributed by atoms with van der Waals surface area (Å²) in [5.74, 6) is 0.536. The van der Waals surface area contributed by atoms with Gasteiger partial charge in [0.1, 0.15) is 5.75 Å². The maximum Gasteiger partial charge on any atom is 0.243 e. The molecule has 1 amide bonds. The molecule has 0 saturated carbocycles. The van der Waals surface area contributed by atoms with E-state index in [-0.39, 0.29) is 17.3 Å². The van der Waals surface area contributed by atoms with Crippen LogP contribution < -0.4 is 9.64 Å². The van der Waals surface area contributed by atoms with E-state index in [1.54, 1.807) is 29.2 Å². The van der Waals surface area contributed by atoms with Crippen LogP contribution in [0.5, 0.6) is 5.75 Å². The predicted octanol–water partition coefficient (Wildman–Crippen LogP) is 1.81. The first-order valence-electron chi connectivity index (χ1n) is 9.57. The largest absolute Gasteiger partial charge is 0.497 e. The van der Waals surface area contributed by atoms with E-state index in [1.807, 2.05) is 42.3 Å². The van der Waals surface area contributed by atoms with E-state index in [0.717, 1.165) is 5.69 Å². The number of methoxy groups -OCH3 is 1. The monoisotopic (exact) mass is 415 g/mol. The van der Waals surface area contributed by atoms with Crippen LogP contribution in [0.2, 0.25) is 0 Å². The molecule has 1 spiro atoms. The summed E-state index contributed by atoms with van der Waals surface area (Å²) in [6.45, 7) is 1.50. The summed E-state index contributed by atoms with van der Waals surface area (Å²) in [7, 11) is -0.221. The number of hydrogen-bond acceptors (Lipinski definition) is 5. The summed E-state index contributed by atoms with van der Waals surface area (Å²) in [4.78, 5) is 16.7. The third kappa shape index (κ3) is 3.52. The van der Waals surface area contributed by atoms with Gasteiger partial charge < -0.3 is 9.64 Å². The van der Waals surface area contributed by atoms with Gasteiger partial charge in [-0.05, 0) is 37.7 Å². The second kappa shape index (κ2) is 7.44. The molecule has 0 bridgehead atoms. The van der Waals surface area contributed by atoms with E-state index in [1.165, 1.54) is 11.4 Å². The van der Waals surface area contributed by atoms with Crippen LogP contribution in [0.4, 0.5) is 5.69 Å². The highest BCUT2D eigenvalue weighted by Gasteiger charge is 2.50. The average Bonchev–Trinajstić information content (AvgIpc) is 3.18. The Labute approximate surface area is 171 Å². The molecule has 0 aromatic heterocycles. The van der Waals surface area contributed by atoms with E-state index >= 15 is 0 Å². The van der Waals surface area contributed by atoms with Crippen molar-refractivity contribution in [2.75, 3.05) is 45.2 Å². The lowest BCUT2D eigenvalue weighted by atomic mass is 9.92. The van der Waals surface area contributed by atoms with Crippen molar-refractivity contribution in [2.24, 2.45) is 0 Å². The van der Waals surface area contributed by atoms with Crippen molar-refractivity contribution in [3.8, 4) is 5.75 Å². The maximum absolute atomic E-state index is 13.2. The number of rotatable bonds is 4. The minimum atomic E-state index is -3.64. The fourth-order valence-electron chi connectivity index (χ4n) is 4.18. The van der Waals surface area contributed by atoms with Gasteiger partial charge in [-0.1, -0.05) is 24.3 Å². The van der Waals surface area contributed by atoms with Crippen molar-refractivity contribution in [2.45, 2.75) is 16.9 Å². The lowest BCUT2D eigenvalue weighted by Gasteiger charge is -2.46. The zero-order valence-electron chi connectivity index (χ0n) is 16.6. The molecule has 2 fully saturated rings. The van der Waals surface area contributed by atoms with Gasteiger partial charge in [-0.25, -0.2) is 8.42 Å². The minimum Gasteiger partial charge on any atom is -0.497 e. The van der Waals surface area contributed by atoms with Gasteiger partial charge in [-0.3, -0.25) is 9.69 Å². The van der Waals surface area contributed by atoms with Crippen molar-refractivity contribution in [3.63, 3.8) is 0 Å². The third-order valence-corrected chi connectivity index (χ3v) is 7.82. The molecule has 0 aliphatic carbocycles. The van der Waals surface area contributed by atoms with Gasteiger partial charge >= 0.3 is 0 Å². The zero-order chi connectivity index (χ0) is 20.6. The van der Waals surface area contributed by atoms with Crippen molar-refractivity contribution in [3.05, 3.63) is 54.6 Å². The summed E-state index contributed by atoms with van der Waals surface area (Å²) in [6, 6.07) is 16.1. The first kappa shape index (κ1) is 19.9. The fraction of sp³-hybridized carbons (Fsp3) is 0.381. The molecular formula is C21H25N3O4S. The lowest BCUT2D eigenvalue weighted by Crippen LogP contribution is -2.64. The summed E-state index contributed by atoms with van der Waals surface area (Å²) in [5, 5.41) is 0. The molecule has 2 aliphatic heterocycles. The molecule has 2 saturated heterocycles. The first-order valence-corrected chi connectivity index (χ1v) is 11.0. The molecule has 0 radical (unpaired) electrons. The number of piperazine rings is 1. The molecule has 29 heavy (non-hydrogen) atoms. The van der Waals surface area contributed by atoms with Crippen LogP contribution in [-0.2, 0) is 14.8 Å². The number of carbonyl (C=O) groups is 1. The SMILES string of the molecule is COc1cccc(S(=O)(=O)N2CCC3(CN(c4ccccc4)C(=O)CN3C)C2)c1. The second-order valence-electron chi connectivity index (χ2n) is 7.66. The van der Waals surface area contributed by atoms with Crippen LogP contribution in [0.25, 0.3) is 0 Å². The van der Waals surface area contributed by atoms with Crippen LogP contribution in [0.15, 0.2) is 59.5 Å². The predicted molar refractivity (Wildman–Crippen MR) is 111 cm³/mol. The molecule has 2 heterocycles. The molecular weight excluding hydrogens is 390 g/mol. The number of nitrogens with zero attached hydrogens (tertiary/aromatic N) is 3. The Morgan fingerprint density at radius 1 is 1.03 bits per heavy atom. The van der Waals surface area contributed by atoms with E-state index in [9.17, 15) is 13.2 Å². The van der Waals surface area contributed by atoms with Crippen molar-refractivity contribution < 1.29 is 17.9 Å². The Morgan fingerprint density at radius 3 is 2.52 bits per heavy atom. The topological polar surface area (TPSA) is 70.2 Å². The van der Waals surface area contributed by atoms with Gasteiger partial charge in [-0.2, -0.15) is 4.31 Å². The average molecular weight is 416 g/mol. The van der Waals surface area contributed by atoms with E-state index in [2.05, 4.69) is 0 Å². The molecule has 0 N–H and O–H groups in total. The Hall–Kier alpha value is -2.42. The van der Waals surface area contributed by atoms with Crippen LogP contribution in [0, 0.1) is 0 Å². The zero-order valence-corrected chi connectivity index (χ0v) is 17.4. The number of benzene rings is 2. The summed E-state index contributed by atoms with van der Waals surface area (Å²) in [5.41, 5.74) is 0.439. The fourth-order valence-corrected chi connectivity index (χ4v) is 5.73. The van der Waals surface area contributed by atoms with Gasteiger partial charge in [-0.15, -0.1) is 0 Å². The van der Waals surface area contributed by atoms with Gasteiger partial charge in [0.25, 0.3) is 0 Å². The normalized spacial score (nSPS) is 23.7. The molecule has 154 valence electrons. The molecule has 8 heteroatoms. The summed E-state index contributed by atoms with van der Waals surface area (Å²) >= 11 is 0. The Bertz CT molecular complexity index is 1010. The third-order valence-electron chi connectivity index (χ3n) is 5.98.